The van der Waals surface area contributed by atoms with Gasteiger partial charge in [-0.15, -0.1) is 6.58 Å². The van der Waals surface area contributed by atoms with E-state index >= 15 is 0 Å². The van der Waals surface area contributed by atoms with E-state index < -0.39 is 5.82 Å². The molecule has 2 N–H and O–H groups in total. The molecule has 0 saturated heterocycles. The minimum atomic E-state index is -0.451. The zero-order valence-corrected chi connectivity index (χ0v) is 9.68. The predicted octanol–water partition coefficient (Wildman–Crippen LogP) is 2.44. The zero-order chi connectivity index (χ0) is 12.3. The summed E-state index contributed by atoms with van der Waals surface area (Å²) < 4.78 is 18.2. The normalized spacial score (nSPS) is 10.2. The number of nitrogens with one attached hydrogen (secondary N) is 2. The molecule has 6 heteroatoms. The quantitative estimate of drug-likeness (QED) is 0.648. The summed E-state index contributed by atoms with van der Waals surface area (Å²) in [7, 11) is 0. The summed E-state index contributed by atoms with van der Waals surface area (Å²) in [6.45, 7) is 4.10. The molecule has 4 nitrogen and oxygen atoms in total. The molecule has 0 amide bonds. The standard InChI is InChI=1S/C11H10FN3OS/c1-2-6-13-11(17)14-10-7-4-3-5-8(12)9(7)16-15-10/h2-5H,1,6H2,(H2,13,14,15,17). The fourth-order valence-corrected chi connectivity index (χ4v) is 1.52. The highest BCUT2D eigenvalue weighted by Gasteiger charge is 2.12. The third-order valence-electron chi connectivity index (χ3n) is 2.09. The van der Waals surface area contributed by atoms with Crippen LogP contribution in [0.25, 0.3) is 11.0 Å². The summed E-state index contributed by atoms with van der Waals surface area (Å²) in [6.07, 6.45) is 1.68. The van der Waals surface area contributed by atoms with Crippen molar-refractivity contribution in [2.45, 2.75) is 0 Å². The second-order valence-electron chi connectivity index (χ2n) is 3.27. The Balaban J connectivity index is 2.22. The van der Waals surface area contributed by atoms with E-state index in [2.05, 4.69) is 22.4 Å². The summed E-state index contributed by atoms with van der Waals surface area (Å²) in [4.78, 5) is 0. The van der Waals surface area contributed by atoms with Crippen LogP contribution in [0, 0.1) is 5.82 Å². The number of nitrogens with zero attached hydrogens (tertiary/aromatic N) is 1. The van der Waals surface area contributed by atoms with E-state index in [0.29, 0.717) is 22.9 Å². The maximum atomic E-state index is 13.3. The second-order valence-corrected chi connectivity index (χ2v) is 3.68. The van der Waals surface area contributed by atoms with E-state index in [9.17, 15) is 4.39 Å². The maximum absolute atomic E-state index is 13.3. The summed E-state index contributed by atoms with van der Waals surface area (Å²) in [5, 5.41) is 10.4. The smallest absolute Gasteiger partial charge is 0.204 e. The monoisotopic (exact) mass is 251 g/mol. The van der Waals surface area contributed by atoms with E-state index in [-0.39, 0.29) is 5.58 Å². The molecule has 1 aromatic heterocycles. The lowest BCUT2D eigenvalue weighted by Gasteiger charge is -2.05. The number of fused-ring (bicyclic) bond motifs is 1. The molecule has 0 radical (unpaired) electrons. The van der Waals surface area contributed by atoms with E-state index in [1.807, 2.05) is 0 Å². The van der Waals surface area contributed by atoms with Gasteiger partial charge in [-0.1, -0.05) is 17.3 Å². The Labute approximate surface area is 102 Å². The van der Waals surface area contributed by atoms with Crippen molar-refractivity contribution in [1.29, 1.82) is 0 Å². The molecular weight excluding hydrogens is 241 g/mol. The van der Waals surface area contributed by atoms with Crippen LogP contribution in [0.3, 0.4) is 0 Å². The Morgan fingerprint density at radius 3 is 3.18 bits per heavy atom. The molecule has 0 saturated carbocycles. The van der Waals surface area contributed by atoms with Crippen molar-refractivity contribution in [3.05, 3.63) is 36.7 Å². The predicted molar refractivity (Wildman–Crippen MR) is 68.4 cm³/mol. The lowest BCUT2D eigenvalue weighted by molar-refractivity contribution is 0.443. The summed E-state index contributed by atoms with van der Waals surface area (Å²) >= 11 is 5.02. The molecule has 0 bridgehead atoms. The highest BCUT2D eigenvalue weighted by atomic mass is 32.1. The molecule has 0 aliphatic heterocycles. The molecule has 0 unspecified atom stereocenters. The minimum absolute atomic E-state index is 0.113. The van der Waals surface area contributed by atoms with Gasteiger partial charge in [0.05, 0.1) is 5.39 Å². The van der Waals surface area contributed by atoms with Crippen LogP contribution < -0.4 is 10.6 Å². The van der Waals surface area contributed by atoms with E-state index in [1.54, 1.807) is 18.2 Å². The Bertz CT molecular complexity index is 567. The van der Waals surface area contributed by atoms with Gasteiger partial charge in [-0.05, 0) is 24.4 Å². The summed E-state index contributed by atoms with van der Waals surface area (Å²) in [5.41, 5.74) is 0.113. The number of rotatable bonds is 3. The van der Waals surface area contributed by atoms with Crippen molar-refractivity contribution in [2.24, 2.45) is 0 Å². The molecule has 1 heterocycles. The van der Waals surface area contributed by atoms with Crippen molar-refractivity contribution in [3.63, 3.8) is 0 Å². The number of benzene rings is 1. The van der Waals surface area contributed by atoms with Crippen LogP contribution in [0.5, 0.6) is 0 Å². The number of hydrogen-bond acceptors (Lipinski definition) is 3. The Morgan fingerprint density at radius 2 is 2.41 bits per heavy atom. The molecule has 17 heavy (non-hydrogen) atoms. The van der Waals surface area contributed by atoms with Crippen molar-refractivity contribution >= 4 is 34.1 Å². The fourth-order valence-electron chi connectivity index (χ4n) is 1.34. The van der Waals surface area contributed by atoms with Gasteiger partial charge in [-0.3, -0.25) is 0 Å². The molecule has 0 spiro atoms. The van der Waals surface area contributed by atoms with Gasteiger partial charge in [0.25, 0.3) is 0 Å². The van der Waals surface area contributed by atoms with Gasteiger partial charge >= 0.3 is 0 Å². The molecule has 1 aromatic carbocycles. The van der Waals surface area contributed by atoms with Crippen LogP contribution >= 0.6 is 12.2 Å². The highest BCUT2D eigenvalue weighted by Crippen LogP contribution is 2.24. The van der Waals surface area contributed by atoms with Gasteiger partial charge in [-0.25, -0.2) is 4.39 Å². The molecule has 2 rings (SSSR count). The SMILES string of the molecule is C=CCNC(=S)Nc1noc2c(F)cccc12. The molecule has 2 aromatic rings. The van der Waals surface area contributed by atoms with Crippen molar-refractivity contribution in [1.82, 2.24) is 10.5 Å². The first-order chi connectivity index (χ1) is 8.22. The number of anilines is 1. The average Bonchev–Trinajstić information content (AvgIpc) is 2.71. The zero-order valence-electron chi connectivity index (χ0n) is 8.87. The average molecular weight is 251 g/mol. The molecule has 0 atom stereocenters. The van der Waals surface area contributed by atoms with Crippen LogP contribution in [-0.2, 0) is 0 Å². The van der Waals surface area contributed by atoms with Crippen molar-refractivity contribution in [3.8, 4) is 0 Å². The van der Waals surface area contributed by atoms with E-state index in [4.69, 9.17) is 16.7 Å². The van der Waals surface area contributed by atoms with Crippen LogP contribution in [-0.4, -0.2) is 16.8 Å². The van der Waals surface area contributed by atoms with Crippen LogP contribution in [0.15, 0.2) is 35.4 Å². The third-order valence-corrected chi connectivity index (χ3v) is 2.34. The van der Waals surface area contributed by atoms with Gasteiger partial charge in [0.1, 0.15) is 0 Å². The minimum Gasteiger partial charge on any atom is -0.359 e. The van der Waals surface area contributed by atoms with Crippen molar-refractivity contribution in [2.75, 3.05) is 11.9 Å². The van der Waals surface area contributed by atoms with Gasteiger partial charge < -0.3 is 15.2 Å². The Hall–Kier alpha value is -1.95. The first kappa shape index (κ1) is 11.5. The largest absolute Gasteiger partial charge is 0.359 e. The fraction of sp³-hybridized carbons (Fsp3) is 0.0909. The van der Waals surface area contributed by atoms with Crippen LogP contribution in [0.1, 0.15) is 0 Å². The molecule has 88 valence electrons. The highest BCUT2D eigenvalue weighted by molar-refractivity contribution is 7.80. The molecule has 0 fully saturated rings. The van der Waals surface area contributed by atoms with E-state index in [0.717, 1.165) is 0 Å². The number of halogens is 1. The lowest BCUT2D eigenvalue weighted by atomic mass is 10.2. The van der Waals surface area contributed by atoms with Gasteiger partial charge in [0, 0.05) is 6.54 Å². The summed E-state index contributed by atoms with van der Waals surface area (Å²) in [6, 6.07) is 4.60. The number of hydrogen-bond donors (Lipinski definition) is 2. The second kappa shape index (κ2) is 4.92. The first-order valence-electron chi connectivity index (χ1n) is 4.92. The van der Waals surface area contributed by atoms with Crippen molar-refractivity contribution < 1.29 is 8.91 Å². The van der Waals surface area contributed by atoms with Gasteiger partial charge in [0.15, 0.2) is 16.7 Å². The number of thiocarbonyl (C=S) groups is 1. The Morgan fingerprint density at radius 1 is 1.59 bits per heavy atom. The number of aromatic nitrogens is 1. The van der Waals surface area contributed by atoms with Crippen LogP contribution in [0.2, 0.25) is 0 Å². The molecule has 0 aliphatic carbocycles. The Kier molecular flexibility index (Phi) is 3.34. The number of para-hydroxylation sites is 1. The third kappa shape index (κ3) is 2.42. The molecular formula is C11H10FN3OS. The van der Waals surface area contributed by atoms with Gasteiger partial charge in [0.2, 0.25) is 5.58 Å². The van der Waals surface area contributed by atoms with E-state index in [1.165, 1.54) is 6.07 Å². The maximum Gasteiger partial charge on any atom is 0.204 e. The molecule has 0 aliphatic rings. The van der Waals surface area contributed by atoms with Gasteiger partial charge in [-0.2, -0.15) is 0 Å². The van der Waals surface area contributed by atoms with Crippen LogP contribution in [0.4, 0.5) is 10.2 Å². The summed E-state index contributed by atoms with van der Waals surface area (Å²) in [5.74, 6) is -0.0610. The lowest BCUT2D eigenvalue weighted by Crippen LogP contribution is -2.28. The topological polar surface area (TPSA) is 50.1 Å². The first-order valence-corrected chi connectivity index (χ1v) is 5.33.